The van der Waals surface area contributed by atoms with Gasteiger partial charge < -0.3 is 14.0 Å². The summed E-state index contributed by atoms with van der Waals surface area (Å²) in [6.45, 7) is 9.95. The van der Waals surface area contributed by atoms with Crippen LogP contribution in [0.3, 0.4) is 0 Å². The second-order valence-electron chi connectivity index (χ2n) is 8.91. The van der Waals surface area contributed by atoms with Crippen molar-refractivity contribution in [2.45, 2.75) is 79.7 Å². The number of rotatable bonds is 13. The summed E-state index contributed by atoms with van der Waals surface area (Å²) < 4.78 is 12.7. The summed E-state index contributed by atoms with van der Waals surface area (Å²) in [4.78, 5) is 36.2. The first kappa shape index (κ1) is 27.8. The van der Waals surface area contributed by atoms with Gasteiger partial charge >= 0.3 is 5.97 Å². The zero-order valence-corrected chi connectivity index (χ0v) is 21.4. The van der Waals surface area contributed by atoms with Gasteiger partial charge in [0.15, 0.2) is 5.75 Å². The van der Waals surface area contributed by atoms with E-state index in [4.69, 9.17) is 9.47 Å². The van der Waals surface area contributed by atoms with E-state index in [1.54, 1.807) is 6.07 Å². The van der Waals surface area contributed by atoms with Crippen LogP contribution in [0.4, 0.5) is 5.69 Å². The van der Waals surface area contributed by atoms with Gasteiger partial charge in [-0.15, -0.1) is 0 Å². The van der Waals surface area contributed by atoms with Crippen molar-refractivity contribution < 1.29 is 19.2 Å². The van der Waals surface area contributed by atoms with Crippen LogP contribution in [-0.4, -0.2) is 22.1 Å². The molecule has 0 aliphatic carbocycles. The molecule has 2 aromatic rings. The number of hydrogen-bond acceptors (Lipinski definition) is 6. The molecule has 0 saturated heterocycles. The van der Waals surface area contributed by atoms with Crippen molar-refractivity contribution in [3.63, 3.8) is 0 Å². The van der Waals surface area contributed by atoms with E-state index in [-0.39, 0.29) is 23.8 Å². The highest BCUT2D eigenvalue weighted by Gasteiger charge is 2.22. The van der Waals surface area contributed by atoms with E-state index in [1.165, 1.54) is 29.2 Å². The van der Waals surface area contributed by atoms with E-state index in [0.717, 1.165) is 44.1 Å². The molecule has 0 radical (unpaired) electrons. The molecule has 2 rings (SSSR count). The predicted octanol–water partition coefficient (Wildman–Crippen LogP) is 6.49. The van der Waals surface area contributed by atoms with Gasteiger partial charge in [0.1, 0.15) is 6.61 Å². The van der Waals surface area contributed by atoms with Gasteiger partial charge in [0.25, 0.3) is 11.2 Å². The Labute approximate surface area is 206 Å². The van der Waals surface area contributed by atoms with Crippen LogP contribution in [0.15, 0.2) is 46.3 Å². The highest BCUT2D eigenvalue weighted by Crippen LogP contribution is 2.35. The molecule has 1 heterocycles. The first-order chi connectivity index (χ1) is 16.6. The SMILES string of the molecule is CCCCCCn1c(=O)c(OC(C)=O)c(OCC=C(C)CCC=C(C)C)c2ccc([N+](=O)[O-])cc21. The number of fused-ring (bicyclic) bond motifs is 1. The van der Waals surface area contributed by atoms with E-state index in [0.29, 0.717) is 17.4 Å². The lowest BCUT2D eigenvalue weighted by Crippen LogP contribution is -2.25. The Bertz CT molecular complexity index is 1170. The first-order valence-electron chi connectivity index (χ1n) is 12.1. The Kier molecular flexibility index (Phi) is 10.7. The third-order valence-corrected chi connectivity index (χ3v) is 5.60. The van der Waals surface area contributed by atoms with Crippen LogP contribution in [0.1, 0.15) is 73.1 Å². The molecule has 0 saturated carbocycles. The Balaban J connectivity index is 2.53. The van der Waals surface area contributed by atoms with Crippen molar-refractivity contribution in [2.24, 2.45) is 0 Å². The van der Waals surface area contributed by atoms with E-state index in [2.05, 4.69) is 26.8 Å². The summed E-state index contributed by atoms with van der Waals surface area (Å²) in [5, 5.41) is 11.9. The number of aromatic nitrogens is 1. The van der Waals surface area contributed by atoms with Gasteiger partial charge in [-0.05, 0) is 52.2 Å². The van der Waals surface area contributed by atoms with Crippen molar-refractivity contribution in [3.8, 4) is 11.5 Å². The minimum Gasteiger partial charge on any atom is -0.485 e. The number of ether oxygens (including phenoxy) is 2. The number of benzene rings is 1. The van der Waals surface area contributed by atoms with Crippen LogP contribution < -0.4 is 15.0 Å². The number of pyridine rings is 1. The topological polar surface area (TPSA) is 101 Å². The number of aryl methyl sites for hydroxylation is 1. The molecule has 0 aliphatic heterocycles. The van der Waals surface area contributed by atoms with Crippen molar-refractivity contribution >= 4 is 22.6 Å². The summed E-state index contributed by atoms with van der Waals surface area (Å²) in [6.07, 6.45) is 9.57. The lowest BCUT2D eigenvalue weighted by molar-refractivity contribution is -0.384. The largest absolute Gasteiger partial charge is 0.485 e. The van der Waals surface area contributed by atoms with Gasteiger partial charge in [0, 0.05) is 31.0 Å². The second kappa shape index (κ2) is 13.5. The first-order valence-corrected chi connectivity index (χ1v) is 12.1. The number of nitro groups is 1. The van der Waals surface area contributed by atoms with Crippen molar-refractivity contribution in [3.05, 3.63) is 62.0 Å². The molecule has 0 N–H and O–H groups in total. The molecule has 0 unspecified atom stereocenters. The Morgan fingerprint density at radius 3 is 2.46 bits per heavy atom. The van der Waals surface area contributed by atoms with Crippen LogP contribution in [0, 0.1) is 10.1 Å². The average molecular weight is 485 g/mol. The number of non-ortho nitro benzene ring substituents is 1. The normalized spacial score (nSPS) is 11.4. The Hall–Kier alpha value is -3.42. The van der Waals surface area contributed by atoms with Crippen LogP contribution >= 0.6 is 0 Å². The van der Waals surface area contributed by atoms with Gasteiger partial charge in [-0.3, -0.25) is 19.7 Å². The third-order valence-electron chi connectivity index (χ3n) is 5.60. The number of nitrogens with zero attached hydrogens (tertiary/aromatic N) is 2. The third kappa shape index (κ3) is 8.09. The molecule has 8 nitrogen and oxygen atoms in total. The quantitative estimate of drug-likeness (QED) is 0.106. The van der Waals surface area contributed by atoms with E-state index >= 15 is 0 Å². The van der Waals surface area contributed by atoms with Gasteiger partial charge in [0.05, 0.1) is 10.4 Å². The fraction of sp³-hybridized carbons (Fsp3) is 0.481. The zero-order chi connectivity index (χ0) is 26.0. The lowest BCUT2D eigenvalue weighted by Gasteiger charge is -2.17. The molecule has 35 heavy (non-hydrogen) atoms. The number of hydrogen-bond donors (Lipinski definition) is 0. The fourth-order valence-corrected chi connectivity index (χ4v) is 3.75. The van der Waals surface area contributed by atoms with E-state index < -0.39 is 16.5 Å². The molecule has 1 aromatic carbocycles. The van der Waals surface area contributed by atoms with Crippen molar-refractivity contribution in [1.82, 2.24) is 4.57 Å². The van der Waals surface area contributed by atoms with Gasteiger partial charge in [-0.2, -0.15) is 0 Å². The van der Waals surface area contributed by atoms with E-state index in [1.807, 2.05) is 13.0 Å². The number of carbonyl (C=O) groups is 1. The molecule has 0 amide bonds. The molecule has 0 bridgehead atoms. The molecule has 1 aromatic heterocycles. The van der Waals surface area contributed by atoms with E-state index in [9.17, 15) is 19.7 Å². The highest BCUT2D eigenvalue weighted by molar-refractivity contribution is 5.90. The monoisotopic (exact) mass is 484 g/mol. The van der Waals surface area contributed by atoms with Crippen molar-refractivity contribution in [1.29, 1.82) is 0 Å². The molecule has 0 atom stereocenters. The van der Waals surface area contributed by atoms with Gasteiger partial charge in [0.2, 0.25) is 5.75 Å². The average Bonchev–Trinajstić information content (AvgIpc) is 2.79. The summed E-state index contributed by atoms with van der Waals surface area (Å²) >= 11 is 0. The van der Waals surface area contributed by atoms with Crippen LogP contribution in [0.5, 0.6) is 11.5 Å². The smallest absolute Gasteiger partial charge is 0.308 e. The molecular weight excluding hydrogens is 448 g/mol. The van der Waals surface area contributed by atoms with Crippen LogP contribution in [0.25, 0.3) is 10.9 Å². The predicted molar refractivity (Wildman–Crippen MR) is 138 cm³/mol. The lowest BCUT2D eigenvalue weighted by atomic mass is 10.1. The number of esters is 1. The highest BCUT2D eigenvalue weighted by atomic mass is 16.6. The standard InChI is InChI=1S/C27H36N2O6/c1-6-7-8-9-16-28-24-18-22(29(32)33)13-14-23(24)25(26(27(28)31)35-21(5)30)34-17-15-20(4)12-10-11-19(2)3/h11,13-15,18H,6-10,12,16-17H2,1-5H3. The second-order valence-corrected chi connectivity index (χ2v) is 8.91. The summed E-state index contributed by atoms with van der Waals surface area (Å²) in [5.41, 5.74) is 2.11. The summed E-state index contributed by atoms with van der Waals surface area (Å²) in [5.74, 6) is -0.711. The zero-order valence-electron chi connectivity index (χ0n) is 21.4. The Morgan fingerprint density at radius 1 is 1.09 bits per heavy atom. The fourth-order valence-electron chi connectivity index (χ4n) is 3.75. The maximum absolute atomic E-state index is 13.4. The maximum atomic E-state index is 13.4. The van der Waals surface area contributed by atoms with Crippen LogP contribution in [-0.2, 0) is 11.3 Å². The number of nitro benzene ring substituents is 1. The minimum atomic E-state index is -0.640. The molecule has 0 spiro atoms. The number of carbonyl (C=O) groups excluding carboxylic acids is 1. The number of unbranched alkanes of at least 4 members (excludes halogenated alkanes) is 3. The molecule has 0 aliphatic rings. The minimum absolute atomic E-state index is 0.119. The molecule has 8 heteroatoms. The maximum Gasteiger partial charge on any atom is 0.308 e. The number of allylic oxidation sites excluding steroid dienone is 3. The van der Waals surface area contributed by atoms with Crippen molar-refractivity contribution in [2.75, 3.05) is 6.61 Å². The van der Waals surface area contributed by atoms with Gasteiger partial charge in [-0.25, -0.2) is 0 Å². The Morgan fingerprint density at radius 2 is 1.83 bits per heavy atom. The van der Waals surface area contributed by atoms with Crippen LogP contribution in [0.2, 0.25) is 0 Å². The molecular formula is C27H36N2O6. The van der Waals surface area contributed by atoms with Gasteiger partial charge in [-0.1, -0.05) is 43.4 Å². The molecule has 0 fully saturated rings. The molecule has 190 valence electrons. The summed E-state index contributed by atoms with van der Waals surface area (Å²) in [7, 11) is 0. The summed E-state index contributed by atoms with van der Waals surface area (Å²) in [6, 6.07) is 4.28.